The van der Waals surface area contributed by atoms with Crippen LogP contribution in [0.15, 0.2) is 24.2 Å². The summed E-state index contributed by atoms with van der Waals surface area (Å²) < 4.78 is 0. The van der Waals surface area contributed by atoms with Gasteiger partial charge in [-0.25, -0.2) is 0 Å². The fourth-order valence-corrected chi connectivity index (χ4v) is 1.64. The van der Waals surface area contributed by atoms with Gasteiger partial charge in [0, 0.05) is 19.5 Å². The van der Waals surface area contributed by atoms with E-state index in [1.54, 1.807) is 6.08 Å². The molecule has 0 aromatic carbocycles. The molecule has 0 heterocycles. The fourth-order valence-electron chi connectivity index (χ4n) is 1.64. The Hall–Kier alpha value is -1.12. The van der Waals surface area contributed by atoms with E-state index < -0.39 is 0 Å². The third-order valence-corrected chi connectivity index (χ3v) is 2.58. The van der Waals surface area contributed by atoms with Gasteiger partial charge in [0.15, 0.2) is 0 Å². The van der Waals surface area contributed by atoms with Crippen LogP contribution in [-0.4, -0.2) is 18.2 Å². The summed E-state index contributed by atoms with van der Waals surface area (Å²) in [6, 6.07) is 0. The van der Waals surface area contributed by atoms with Crippen LogP contribution >= 0.6 is 0 Å². The monoisotopic (exact) mass is 240 g/mol. The summed E-state index contributed by atoms with van der Waals surface area (Å²) in [6.45, 7) is 9.35. The zero-order valence-electron chi connectivity index (χ0n) is 11.4. The molecular weight excluding hydrogens is 212 g/mol. The van der Waals surface area contributed by atoms with E-state index in [1.807, 2.05) is 6.92 Å². The summed E-state index contributed by atoms with van der Waals surface area (Å²) in [5.74, 6) is 1.19. The molecule has 0 spiro atoms. The van der Waals surface area contributed by atoms with Crippen molar-refractivity contribution in [1.29, 1.82) is 0 Å². The molecule has 0 saturated carbocycles. The molecule has 100 valence electrons. The normalized spacial score (nSPS) is 11.9. The molecule has 0 aliphatic heterocycles. The van der Waals surface area contributed by atoms with Crippen LogP contribution in [0.3, 0.4) is 0 Å². The fraction of sp³-hybridized carbons (Fsp3) is 0.714. The maximum absolute atomic E-state index is 9.94. The summed E-state index contributed by atoms with van der Waals surface area (Å²) >= 11 is 0. The van der Waals surface area contributed by atoms with Crippen LogP contribution in [0.25, 0.3) is 0 Å². The van der Waals surface area contributed by atoms with Crippen molar-refractivity contribution in [1.82, 2.24) is 10.6 Å². The predicted molar refractivity (Wildman–Crippen MR) is 74.9 cm³/mol. The van der Waals surface area contributed by atoms with Gasteiger partial charge in [-0.15, -0.1) is 6.58 Å². The van der Waals surface area contributed by atoms with Gasteiger partial charge in [0.1, 0.15) is 11.6 Å². The van der Waals surface area contributed by atoms with Gasteiger partial charge in [-0.1, -0.05) is 38.7 Å². The first-order valence-corrected chi connectivity index (χ1v) is 6.76. The minimum Gasteiger partial charge on any atom is -0.509 e. The lowest BCUT2D eigenvalue weighted by Crippen LogP contribution is -2.28. The van der Waals surface area contributed by atoms with E-state index >= 15 is 0 Å². The van der Waals surface area contributed by atoms with Gasteiger partial charge in [0.2, 0.25) is 0 Å². The lowest BCUT2D eigenvalue weighted by atomic mass is 10.1. The lowest BCUT2D eigenvalue weighted by molar-refractivity contribution is 0.361. The third-order valence-electron chi connectivity index (χ3n) is 2.58. The topological polar surface area (TPSA) is 44.3 Å². The third kappa shape index (κ3) is 8.66. The Bertz CT molecular complexity index is 224. The van der Waals surface area contributed by atoms with Crippen LogP contribution in [0, 0.1) is 0 Å². The Morgan fingerprint density at radius 3 is 2.41 bits per heavy atom. The second-order valence-corrected chi connectivity index (χ2v) is 4.19. The van der Waals surface area contributed by atoms with Crippen LogP contribution in [0.4, 0.5) is 0 Å². The predicted octanol–water partition coefficient (Wildman–Crippen LogP) is 3.46. The Labute approximate surface area is 106 Å². The number of allylic oxidation sites excluding steroid dienone is 1. The minimum absolute atomic E-state index is 0.435. The average molecular weight is 240 g/mol. The van der Waals surface area contributed by atoms with Crippen LogP contribution < -0.4 is 10.6 Å². The average Bonchev–Trinajstić information content (AvgIpc) is 2.34. The molecule has 0 aromatic heterocycles. The van der Waals surface area contributed by atoms with E-state index in [-0.39, 0.29) is 0 Å². The molecule has 0 radical (unpaired) electrons. The van der Waals surface area contributed by atoms with Crippen molar-refractivity contribution < 1.29 is 5.11 Å². The highest BCUT2D eigenvalue weighted by Crippen LogP contribution is 2.10. The van der Waals surface area contributed by atoms with Crippen LogP contribution in [-0.2, 0) is 0 Å². The smallest absolute Gasteiger partial charge is 0.138 e. The molecule has 0 aliphatic carbocycles. The van der Waals surface area contributed by atoms with E-state index in [4.69, 9.17) is 0 Å². The van der Waals surface area contributed by atoms with Gasteiger partial charge in [-0.3, -0.25) is 0 Å². The van der Waals surface area contributed by atoms with Crippen molar-refractivity contribution in [2.45, 2.75) is 52.4 Å². The first-order valence-electron chi connectivity index (χ1n) is 6.76. The quantitative estimate of drug-likeness (QED) is 0.294. The highest BCUT2D eigenvalue weighted by atomic mass is 16.3. The van der Waals surface area contributed by atoms with Gasteiger partial charge < -0.3 is 15.7 Å². The summed E-state index contributed by atoms with van der Waals surface area (Å²) in [5, 5.41) is 16.2. The Morgan fingerprint density at radius 2 is 1.82 bits per heavy atom. The Morgan fingerprint density at radius 1 is 1.12 bits per heavy atom. The molecule has 0 unspecified atom stereocenters. The largest absolute Gasteiger partial charge is 0.509 e. The maximum Gasteiger partial charge on any atom is 0.138 e. The van der Waals surface area contributed by atoms with Gasteiger partial charge in [0.05, 0.1) is 0 Å². The Balaban J connectivity index is 3.96. The minimum atomic E-state index is 0.435. The molecule has 0 amide bonds. The number of rotatable bonds is 11. The number of hydrogen-bond acceptors (Lipinski definition) is 3. The SMILES string of the molecule is C=CCN/C(NCC)=C(\O)CCCCCCC. The molecule has 0 aliphatic rings. The van der Waals surface area contributed by atoms with E-state index in [9.17, 15) is 5.11 Å². The molecule has 3 heteroatoms. The van der Waals surface area contributed by atoms with E-state index in [1.165, 1.54) is 25.7 Å². The van der Waals surface area contributed by atoms with Gasteiger partial charge in [-0.05, 0) is 13.3 Å². The van der Waals surface area contributed by atoms with Crippen LogP contribution in [0.1, 0.15) is 52.4 Å². The van der Waals surface area contributed by atoms with E-state index in [0.29, 0.717) is 12.3 Å². The molecule has 0 aromatic rings. The Kier molecular flexibility index (Phi) is 10.6. The van der Waals surface area contributed by atoms with Crippen molar-refractivity contribution in [2.75, 3.05) is 13.1 Å². The van der Waals surface area contributed by atoms with Crippen molar-refractivity contribution in [3.05, 3.63) is 24.2 Å². The van der Waals surface area contributed by atoms with Gasteiger partial charge >= 0.3 is 0 Å². The zero-order chi connectivity index (χ0) is 12.9. The molecule has 0 rings (SSSR count). The number of hydrogen-bond donors (Lipinski definition) is 3. The second-order valence-electron chi connectivity index (χ2n) is 4.19. The van der Waals surface area contributed by atoms with Gasteiger partial charge in [-0.2, -0.15) is 0 Å². The number of nitrogens with one attached hydrogen (secondary N) is 2. The summed E-state index contributed by atoms with van der Waals surface area (Å²) in [6.07, 6.45) is 8.59. The molecule has 3 N–H and O–H groups in total. The van der Waals surface area contributed by atoms with E-state index in [2.05, 4.69) is 24.1 Å². The maximum atomic E-state index is 9.94. The summed E-state index contributed by atoms with van der Waals surface area (Å²) in [7, 11) is 0. The summed E-state index contributed by atoms with van der Waals surface area (Å²) in [5.41, 5.74) is 0. The van der Waals surface area contributed by atoms with Crippen molar-refractivity contribution in [3.63, 3.8) is 0 Å². The van der Waals surface area contributed by atoms with Crippen LogP contribution in [0.2, 0.25) is 0 Å². The van der Waals surface area contributed by atoms with Crippen molar-refractivity contribution in [3.8, 4) is 0 Å². The highest BCUT2D eigenvalue weighted by Gasteiger charge is 2.03. The first kappa shape index (κ1) is 15.9. The molecule has 0 fully saturated rings. The number of aliphatic hydroxyl groups excluding tert-OH is 1. The first-order chi connectivity index (χ1) is 8.26. The summed E-state index contributed by atoms with van der Waals surface area (Å²) in [4.78, 5) is 0. The molecule has 17 heavy (non-hydrogen) atoms. The number of aliphatic hydroxyl groups is 1. The molecule has 3 nitrogen and oxygen atoms in total. The number of unbranched alkanes of at least 4 members (excludes halogenated alkanes) is 4. The van der Waals surface area contributed by atoms with Crippen molar-refractivity contribution in [2.24, 2.45) is 0 Å². The van der Waals surface area contributed by atoms with Crippen molar-refractivity contribution >= 4 is 0 Å². The van der Waals surface area contributed by atoms with Crippen LogP contribution in [0.5, 0.6) is 0 Å². The van der Waals surface area contributed by atoms with Gasteiger partial charge in [0.25, 0.3) is 0 Å². The highest BCUT2D eigenvalue weighted by molar-refractivity contribution is 5.04. The van der Waals surface area contributed by atoms with E-state index in [0.717, 1.165) is 25.2 Å². The molecule has 0 saturated heterocycles. The molecule has 0 bridgehead atoms. The standard InChI is InChI=1S/C14H28N2O/c1-4-7-8-9-10-11-13(17)14(15-6-3)16-12-5-2/h5,15-17H,2,4,6-12H2,1,3H3/b14-13-. The zero-order valence-corrected chi connectivity index (χ0v) is 11.4. The lowest BCUT2D eigenvalue weighted by Gasteiger charge is -2.13. The second kappa shape index (κ2) is 11.4. The molecule has 0 atom stereocenters. The molecular formula is C14H28N2O.